The van der Waals surface area contributed by atoms with E-state index in [9.17, 15) is 14.4 Å². The molecule has 8 nitrogen and oxygen atoms in total. The van der Waals surface area contributed by atoms with Crippen LogP contribution in [0.15, 0.2) is 54.6 Å². The second kappa shape index (κ2) is 11.0. The smallest absolute Gasteiger partial charge is 0.409 e. The summed E-state index contributed by atoms with van der Waals surface area (Å²) >= 11 is 0. The quantitative estimate of drug-likeness (QED) is 0.682. The van der Waals surface area contributed by atoms with Gasteiger partial charge in [0.05, 0.1) is 12.2 Å². The maximum absolute atomic E-state index is 12.2. The van der Waals surface area contributed by atoms with Crippen molar-refractivity contribution in [2.45, 2.75) is 25.8 Å². The number of nitrogens with one attached hydrogen (secondary N) is 1. The summed E-state index contributed by atoms with van der Waals surface area (Å²) in [6.07, 6.45) is 0.921. The Morgan fingerprint density at radius 2 is 1.58 bits per heavy atom. The Balaban J connectivity index is 1.39. The number of carbonyl (C=O) groups is 3. The largest absolute Gasteiger partial charge is 0.457 e. The highest BCUT2D eigenvalue weighted by molar-refractivity contribution is 5.91. The number of likely N-dealkylation sites (tertiary alicyclic amines) is 1. The Morgan fingerprint density at radius 1 is 0.935 bits per heavy atom. The molecule has 0 bridgehead atoms. The second-order valence-electron chi connectivity index (χ2n) is 7.04. The van der Waals surface area contributed by atoms with Crippen LogP contribution in [0.25, 0.3) is 0 Å². The van der Waals surface area contributed by atoms with Gasteiger partial charge in [-0.15, -0.1) is 0 Å². The van der Waals surface area contributed by atoms with Crippen molar-refractivity contribution in [3.63, 3.8) is 0 Å². The Labute approximate surface area is 181 Å². The number of piperidine rings is 1. The summed E-state index contributed by atoms with van der Waals surface area (Å²) < 4.78 is 15.8. The Morgan fingerprint density at radius 3 is 2.23 bits per heavy atom. The molecule has 1 fully saturated rings. The number of rotatable bonds is 7. The highest BCUT2D eigenvalue weighted by atomic mass is 16.6. The molecule has 3 rings (SSSR count). The van der Waals surface area contributed by atoms with E-state index in [0.717, 1.165) is 0 Å². The van der Waals surface area contributed by atoms with E-state index in [1.807, 2.05) is 30.3 Å². The zero-order valence-electron chi connectivity index (χ0n) is 17.4. The molecule has 31 heavy (non-hydrogen) atoms. The van der Waals surface area contributed by atoms with Gasteiger partial charge in [-0.25, -0.2) is 9.59 Å². The first kappa shape index (κ1) is 22.1. The fourth-order valence-corrected chi connectivity index (χ4v) is 3.19. The number of para-hydroxylation sites is 1. The number of hydrogen-bond donors (Lipinski definition) is 1. The molecular formula is C23H26N2O6. The van der Waals surface area contributed by atoms with Gasteiger partial charge in [0.25, 0.3) is 5.91 Å². The number of amides is 2. The molecule has 2 amide bonds. The summed E-state index contributed by atoms with van der Waals surface area (Å²) in [7, 11) is 0. The van der Waals surface area contributed by atoms with Crippen LogP contribution >= 0.6 is 0 Å². The first-order valence-electron chi connectivity index (χ1n) is 10.3. The monoisotopic (exact) mass is 426 g/mol. The van der Waals surface area contributed by atoms with Crippen LogP contribution in [0.1, 0.15) is 30.1 Å². The van der Waals surface area contributed by atoms with Crippen LogP contribution < -0.4 is 10.1 Å². The minimum atomic E-state index is -0.585. The Kier molecular flexibility index (Phi) is 7.86. The van der Waals surface area contributed by atoms with Gasteiger partial charge in [-0.1, -0.05) is 18.2 Å². The minimum Gasteiger partial charge on any atom is -0.457 e. The zero-order chi connectivity index (χ0) is 22.1. The van der Waals surface area contributed by atoms with Crippen LogP contribution in [0.2, 0.25) is 0 Å². The number of nitrogens with zero attached hydrogens (tertiary/aromatic N) is 1. The predicted octanol–water partition coefficient (Wildman–Crippen LogP) is 3.37. The third-order valence-corrected chi connectivity index (χ3v) is 4.79. The third kappa shape index (κ3) is 6.74. The fourth-order valence-electron chi connectivity index (χ4n) is 3.19. The SMILES string of the molecule is CCOC(=O)N1CCC(NC(=O)COC(=O)c2ccc(Oc3ccccc3)cc2)CC1. The van der Waals surface area contributed by atoms with Crippen molar-refractivity contribution in [1.82, 2.24) is 10.2 Å². The van der Waals surface area contributed by atoms with Crippen molar-refractivity contribution >= 4 is 18.0 Å². The van der Waals surface area contributed by atoms with Crippen LogP contribution in [0.3, 0.4) is 0 Å². The van der Waals surface area contributed by atoms with E-state index < -0.39 is 5.97 Å². The number of hydrogen-bond acceptors (Lipinski definition) is 6. The lowest BCUT2D eigenvalue weighted by Crippen LogP contribution is -2.47. The maximum Gasteiger partial charge on any atom is 0.409 e. The molecule has 1 N–H and O–H groups in total. The molecule has 0 aliphatic carbocycles. The molecule has 164 valence electrons. The predicted molar refractivity (Wildman–Crippen MR) is 113 cm³/mol. The number of carbonyl (C=O) groups excluding carboxylic acids is 3. The van der Waals surface area contributed by atoms with Crippen molar-refractivity contribution in [2.75, 3.05) is 26.3 Å². The van der Waals surface area contributed by atoms with Crippen LogP contribution in [0.5, 0.6) is 11.5 Å². The highest BCUT2D eigenvalue weighted by Gasteiger charge is 2.24. The Bertz CT molecular complexity index is 877. The van der Waals surface area contributed by atoms with E-state index >= 15 is 0 Å². The van der Waals surface area contributed by atoms with Crippen molar-refractivity contribution < 1.29 is 28.6 Å². The molecule has 2 aromatic rings. The molecule has 2 aromatic carbocycles. The number of ether oxygens (including phenoxy) is 3. The lowest BCUT2D eigenvalue weighted by Gasteiger charge is -2.31. The van der Waals surface area contributed by atoms with Crippen molar-refractivity contribution in [1.29, 1.82) is 0 Å². The van der Waals surface area contributed by atoms with E-state index in [-0.39, 0.29) is 24.6 Å². The lowest BCUT2D eigenvalue weighted by molar-refractivity contribution is -0.125. The molecule has 1 aliphatic heterocycles. The summed E-state index contributed by atoms with van der Waals surface area (Å²) in [5.41, 5.74) is 0.330. The molecule has 1 heterocycles. The second-order valence-corrected chi connectivity index (χ2v) is 7.04. The average Bonchev–Trinajstić information content (AvgIpc) is 2.79. The van der Waals surface area contributed by atoms with E-state index in [1.54, 1.807) is 36.1 Å². The minimum absolute atomic E-state index is 0.0636. The Hall–Kier alpha value is -3.55. The summed E-state index contributed by atoms with van der Waals surface area (Å²) in [6.45, 7) is 2.77. The van der Waals surface area contributed by atoms with Gasteiger partial charge < -0.3 is 24.4 Å². The summed E-state index contributed by atoms with van der Waals surface area (Å²) in [6, 6.07) is 15.8. The summed E-state index contributed by atoms with van der Waals surface area (Å²) in [5, 5.41) is 2.84. The normalized spacial score (nSPS) is 13.9. The average molecular weight is 426 g/mol. The van der Waals surface area contributed by atoms with Gasteiger partial charge in [-0.2, -0.15) is 0 Å². The van der Waals surface area contributed by atoms with Gasteiger partial charge in [-0.3, -0.25) is 4.79 Å². The molecule has 1 aliphatic rings. The van der Waals surface area contributed by atoms with Gasteiger partial charge in [0.2, 0.25) is 0 Å². The topological polar surface area (TPSA) is 94.2 Å². The van der Waals surface area contributed by atoms with Gasteiger partial charge in [0.1, 0.15) is 11.5 Å². The van der Waals surface area contributed by atoms with Crippen LogP contribution in [-0.2, 0) is 14.3 Å². The molecular weight excluding hydrogens is 400 g/mol. The van der Waals surface area contributed by atoms with Gasteiger partial charge in [0, 0.05) is 19.1 Å². The first-order chi connectivity index (χ1) is 15.0. The standard InChI is InChI=1S/C23H26N2O6/c1-2-29-23(28)25-14-12-18(13-15-25)24-21(26)16-30-22(27)17-8-10-20(11-9-17)31-19-6-4-3-5-7-19/h3-11,18H,2,12-16H2,1H3,(H,24,26). The molecule has 1 saturated heterocycles. The fraction of sp³-hybridized carbons (Fsp3) is 0.348. The molecule has 0 radical (unpaired) electrons. The van der Waals surface area contributed by atoms with Gasteiger partial charge in [0.15, 0.2) is 6.61 Å². The molecule has 0 unspecified atom stereocenters. The zero-order valence-corrected chi connectivity index (χ0v) is 17.4. The van der Waals surface area contributed by atoms with Gasteiger partial charge >= 0.3 is 12.1 Å². The van der Waals surface area contributed by atoms with Crippen LogP contribution in [0, 0.1) is 0 Å². The number of benzene rings is 2. The summed E-state index contributed by atoms with van der Waals surface area (Å²) in [4.78, 5) is 37.6. The van der Waals surface area contributed by atoms with Crippen molar-refractivity contribution in [2.24, 2.45) is 0 Å². The van der Waals surface area contributed by atoms with Crippen LogP contribution in [0.4, 0.5) is 4.79 Å². The lowest BCUT2D eigenvalue weighted by atomic mass is 10.1. The van der Waals surface area contributed by atoms with E-state index in [1.165, 1.54) is 0 Å². The maximum atomic E-state index is 12.2. The molecule has 0 aromatic heterocycles. The molecule has 0 atom stereocenters. The van der Waals surface area contributed by atoms with E-state index in [0.29, 0.717) is 49.6 Å². The molecule has 0 saturated carbocycles. The van der Waals surface area contributed by atoms with E-state index in [2.05, 4.69) is 5.32 Å². The molecule has 8 heteroatoms. The number of esters is 1. The summed E-state index contributed by atoms with van der Waals surface area (Å²) in [5.74, 6) is 0.336. The third-order valence-electron chi connectivity index (χ3n) is 4.79. The van der Waals surface area contributed by atoms with E-state index in [4.69, 9.17) is 14.2 Å². The van der Waals surface area contributed by atoms with Crippen molar-refractivity contribution in [3.8, 4) is 11.5 Å². The van der Waals surface area contributed by atoms with Crippen molar-refractivity contribution in [3.05, 3.63) is 60.2 Å². The van der Waals surface area contributed by atoms with Crippen LogP contribution in [-0.4, -0.2) is 55.2 Å². The molecule has 0 spiro atoms. The highest BCUT2D eigenvalue weighted by Crippen LogP contribution is 2.21. The van der Waals surface area contributed by atoms with Gasteiger partial charge in [-0.05, 0) is 56.2 Å². The first-order valence-corrected chi connectivity index (χ1v) is 10.3.